The molecule has 1 aromatic heterocycles. The van der Waals surface area contributed by atoms with Gasteiger partial charge in [-0.05, 0) is 25.1 Å². The van der Waals surface area contributed by atoms with Gasteiger partial charge in [0.15, 0.2) is 10.8 Å². The van der Waals surface area contributed by atoms with Gasteiger partial charge in [0.25, 0.3) is 5.91 Å². The van der Waals surface area contributed by atoms with Crippen LogP contribution in [0, 0.1) is 6.92 Å². The fourth-order valence-corrected chi connectivity index (χ4v) is 2.70. The zero-order valence-corrected chi connectivity index (χ0v) is 10.8. The quantitative estimate of drug-likeness (QED) is 0.855. The summed E-state index contributed by atoms with van der Waals surface area (Å²) in [4.78, 5) is 13.1. The maximum atomic E-state index is 12.0. The van der Waals surface area contributed by atoms with Gasteiger partial charge in [0.05, 0.1) is 18.4 Å². The van der Waals surface area contributed by atoms with Crippen molar-refractivity contribution in [3.8, 4) is 16.6 Å². The Labute approximate surface area is 108 Å². The molecule has 1 N–H and O–H groups in total. The molecule has 0 unspecified atom stereocenters. The Morgan fingerprint density at radius 2 is 2.17 bits per heavy atom. The highest BCUT2D eigenvalue weighted by Crippen LogP contribution is 2.41. The Kier molecular flexibility index (Phi) is 2.48. The van der Waals surface area contributed by atoms with Gasteiger partial charge in [-0.15, -0.1) is 11.3 Å². The number of benzene rings is 1. The van der Waals surface area contributed by atoms with Crippen LogP contribution >= 0.6 is 11.3 Å². The first-order valence-electron chi connectivity index (χ1n) is 5.45. The van der Waals surface area contributed by atoms with Gasteiger partial charge in [0.1, 0.15) is 5.75 Å². The van der Waals surface area contributed by atoms with Gasteiger partial charge in [0, 0.05) is 10.9 Å². The summed E-state index contributed by atoms with van der Waals surface area (Å²) in [5.41, 5.74) is 1.23. The Hall–Kier alpha value is -2.01. The van der Waals surface area contributed by atoms with E-state index in [1.54, 1.807) is 25.3 Å². The van der Waals surface area contributed by atoms with Gasteiger partial charge in [-0.1, -0.05) is 0 Å². The van der Waals surface area contributed by atoms with Crippen LogP contribution in [0.25, 0.3) is 0 Å². The van der Waals surface area contributed by atoms with E-state index in [-0.39, 0.29) is 5.91 Å². The minimum Gasteiger partial charge on any atom is -0.497 e. The van der Waals surface area contributed by atoms with E-state index in [1.807, 2.05) is 13.0 Å². The second-order valence-corrected chi connectivity index (χ2v) is 5.20. The van der Waals surface area contributed by atoms with Crippen LogP contribution in [-0.4, -0.2) is 13.0 Å². The number of ether oxygens (including phenoxy) is 2. The van der Waals surface area contributed by atoms with Crippen molar-refractivity contribution in [3.63, 3.8) is 0 Å². The predicted octanol–water partition coefficient (Wildman–Crippen LogP) is 3.42. The smallest absolute Gasteiger partial charge is 0.260 e. The first-order chi connectivity index (χ1) is 8.67. The van der Waals surface area contributed by atoms with Crippen molar-refractivity contribution in [3.05, 3.63) is 34.7 Å². The molecule has 0 bridgehead atoms. The predicted molar refractivity (Wildman–Crippen MR) is 70.1 cm³/mol. The molecule has 0 aliphatic carbocycles. The molecular formula is C13H11NO3S. The maximum Gasteiger partial charge on any atom is 0.260 e. The molecule has 18 heavy (non-hydrogen) atoms. The largest absolute Gasteiger partial charge is 0.497 e. The number of aryl methyl sites for hydroxylation is 1. The number of carbonyl (C=O) groups excluding carboxylic acids is 1. The fourth-order valence-electron chi connectivity index (χ4n) is 1.83. The van der Waals surface area contributed by atoms with Gasteiger partial charge < -0.3 is 14.8 Å². The summed E-state index contributed by atoms with van der Waals surface area (Å²) in [6, 6.07) is 7.15. The summed E-state index contributed by atoms with van der Waals surface area (Å²) >= 11 is 1.46. The second-order valence-electron chi connectivity index (χ2n) is 3.98. The van der Waals surface area contributed by atoms with Crippen molar-refractivity contribution < 1.29 is 14.3 Å². The van der Waals surface area contributed by atoms with Crippen LogP contribution < -0.4 is 14.8 Å². The van der Waals surface area contributed by atoms with Crippen LogP contribution in [0.5, 0.6) is 16.6 Å². The minimum absolute atomic E-state index is 0.140. The number of anilines is 1. The van der Waals surface area contributed by atoms with E-state index in [0.717, 1.165) is 4.88 Å². The number of hydrogen-bond donors (Lipinski definition) is 1. The highest BCUT2D eigenvalue weighted by atomic mass is 32.1. The molecule has 0 fully saturated rings. The molecule has 1 aromatic carbocycles. The van der Waals surface area contributed by atoms with Crippen LogP contribution in [0.1, 0.15) is 15.2 Å². The number of amides is 1. The number of methoxy groups -OCH3 is 1. The molecule has 1 aliphatic heterocycles. The molecule has 0 spiro atoms. The van der Waals surface area contributed by atoms with Gasteiger partial charge in [-0.3, -0.25) is 4.79 Å². The van der Waals surface area contributed by atoms with Crippen LogP contribution in [0.4, 0.5) is 5.69 Å². The number of rotatable bonds is 1. The summed E-state index contributed by atoms with van der Waals surface area (Å²) in [7, 11) is 1.59. The van der Waals surface area contributed by atoms with Crippen molar-refractivity contribution >= 4 is 22.9 Å². The van der Waals surface area contributed by atoms with Crippen LogP contribution in [0.3, 0.4) is 0 Å². The third kappa shape index (κ3) is 1.73. The molecule has 0 saturated heterocycles. The molecule has 1 amide bonds. The lowest BCUT2D eigenvalue weighted by Gasteiger charge is -2.08. The molecule has 0 atom stereocenters. The van der Waals surface area contributed by atoms with Gasteiger partial charge in [-0.25, -0.2) is 0 Å². The van der Waals surface area contributed by atoms with E-state index in [9.17, 15) is 4.79 Å². The first kappa shape index (κ1) is 11.1. The lowest BCUT2D eigenvalue weighted by Crippen LogP contribution is -2.09. The maximum absolute atomic E-state index is 12.0. The number of thiophene rings is 1. The Morgan fingerprint density at radius 1 is 1.33 bits per heavy atom. The van der Waals surface area contributed by atoms with Crippen molar-refractivity contribution in [1.29, 1.82) is 0 Å². The summed E-state index contributed by atoms with van der Waals surface area (Å²) in [5.74, 6) is 1.15. The molecule has 0 saturated carbocycles. The molecule has 2 aromatic rings. The molecule has 2 heterocycles. The number of hydrogen-bond acceptors (Lipinski definition) is 4. The van der Waals surface area contributed by atoms with Crippen molar-refractivity contribution in [1.82, 2.24) is 0 Å². The fraction of sp³-hybridized carbons (Fsp3) is 0.154. The zero-order valence-electron chi connectivity index (χ0n) is 9.94. The standard InChI is InChI=1S/C13H11NO3S/c1-7-5-9-12(15)14-10-4-3-8(16-2)6-11(10)17-13(9)18-7/h3-6H,1-2H3,(H,14,15). The van der Waals surface area contributed by atoms with Gasteiger partial charge in [0.2, 0.25) is 0 Å². The topological polar surface area (TPSA) is 47.6 Å². The highest BCUT2D eigenvalue weighted by molar-refractivity contribution is 7.14. The van der Waals surface area contributed by atoms with E-state index in [2.05, 4.69) is 5.32 Å². The molecule has 4 nitrogen and oxygen atoms in total. The molecule has 3 rings (SSSR count). The van der Waals surface area contributed by atoms with Crippen LogP contribution in [0.2, 0.25) is 0 Å². The van der Waals surface area contributed by atoms with Crippen molar-refractivity contribution in [2.75, 3.05) is 12.4 Å². The normalized spacial score (nSPS) is 12.9. The zero-order chi connectivity index (χ0) is 12.7. The molecular weight excluding hydrogens is 250 g/mol. The summed E-state index contributed by atoms with van der Waals surface area (Å²) in [6.45, 7) is 1.95. The second kappa shape index (κ2) is 4.03. The SMILES string of the molecule is COc1ccc2c(c1)Oc1sc(C)cc1C(=O)N2. The monoisotopic (exact) mass is 261 g/mol. The summed E-state index contributed by atoms with van der Waals surface area (Å²) in [6.07, 6.45) is 0. The Morgan fingerprint density at radius 3 is 2.94 bits per heavy atom. The average molecular weight is 261 g/mol. The Bertz CT molecular complexity index is 633. The molecule has 92 valence electrons. The van der Waals surface area contributed by atoms with Crippen LogP contribution in [-0.2, 0) is 0 Å². The third-order valence-corrected chi connectivity index (χ3v) is 3.63. The number of carbonyl (C=O) groups is 1. The molecule has 0 radical (unpaired) electrons. The van der Waals surface area contributed by atoms with E-state index < -0.39 is 0 Å². The van der Waals surface area contributed by atoms with E-state index >= 15 is 0 Å². The van der Waals surface area contributed by atoms with Gasteiger partial charge >= 0.3 is 0 Å². The van der Waals surface area contributed by atoms with Crippen LogP contribution in [0.15, 0.2) is 24.3 Å². The Balaban J connectivity index is 2.12. The lowest BCUT2D eigenvalue weighted by molar-refractivity contribution is 0.102. The highest BCUT2D eigenvalue weighted by Gasteiger charge is 2.23. The summed E-state index contributed by atoms with van der Waals surface area (Å²) < 4.78 is 10.9. The third-order valence-electron chi connectivity index (χ3n) is 2.71. The van der Waals surface area contributed by atoms with Crippen molar-refractivity contribution in [2.24, 2.45) is 0 Å². The van der Waals surface area contributed by atoms with E-state index in [1.165, 1.54) is 11.3 Å². The van der Waals surface area contributed by atoms with Gasteiger partial charge in [-0.2, -0.15) is 0 Å². The minimum atomic E-state index is -0.140. The number of nitrogens with one attached hydrogen (secondary N) is 1. The molecule has 1 aliphatic rings. The lowest BCUT2D eigenvalue weighted by atomic mass is 10.2. The summed E-state index contributed by atoms with van der Waals surface area (Å²) in [5, 5.41) is 3.45. The van der Waals surface area contributed by atoms with E-state index in [4.69, 9.17) is 9.47 Å². The number of fused-ring (bicyclic) bond motifs is 2. The average Bonchev–Trinajstić information content (AvgIpc) is 2.66. The first-order valence-corrected chi connectivity index (χ1v) is 6.26. The van der Waals surface area contributed by atoms with Crippen molar-refractivity contribution in [2.45, 2.75) is 6.92 Å². The molecule has 5 heteroatoms. The van der Waals surface area contributed by atoms with E-state index in [0.29, 0.717) is 27.8 Å².